The molecule has 9 atom stereocenters. The first-order valence-corrected chi connectivity index (χ1v) is 11.0. The summed E-state index contributed by atoms with van der Waals surface area (Å²) in [4.78, 5) is 35.3. The third-order valence-electron chi connectivity index (χ3n) is 5.27. The maximum Gasteiger partial charge on any atom is 0.303 e. The van der Waals surface area contributed by atoms with E-state index in [0.717, 1.165) is 13.8 Å². The fourth-order valence-corrected chi connectivity index (χ4v) is 3.96. The largest absolute Gasteiger partial charge is 0.456 e. The Morgan fingerprint density at radius 1 is 0.914 bits per heavy atom. The van der Waals surface area contributed by atoms with Gasteiger partial charge in [0.15, 0.2) is 30.9 Å². The van der Waals surface area contributed by atoms with E-state index in [-0.39, 0.29) is 19.8 Å². The summed E-state index contributed by atoms with van der Waals surface area (Å²) in [5.41, 5.74) is 0. The molecule has 0 amide bonds. The van der Waals surface area contributed by atoms with Crippen LogP contribution in [0.25, 0.3) is 0 Å². The number of aliphatic hydroxyl groups excluding tert-OH is 1. The first kappa shape index (κ1) is 29.1. The highest BCUT2D eigenvalue weighted by molar-refractivity contribution is 5.68. The summed E-state index contributed by atoms with van der Waals surface area (Å²) in [5.74, 6) is -2.06. The Morgan fingerprint density at radius 2 is 1.51 bits per heavy atom. The van der Waals surface area contributed by atoms with Gasteiger partial charge in [-0.25, -0.2) is 0 Å². The average Bonchev–Trinajstić information content (AvgIpc) is 2.77. The van der Waals surface area contributed by atoms with Crippen molar-refractivity contribution < 1.29 is 62.1 Å². The van der Waals surface area contributed by atoms with Crippen LogP contribution in [0.1, 0.15) is 20.8 Å². The van der Waals surface area contributed by atoms with Crippen LogP contribution in [0.15, 0.2) is 12.7 Å². The Morgan fingerprint density at radius 3 is 2.06 bits per heavy atom. The number of carbonyl (C=O) groups excluding carboxylic acids is 3. The quantitative estimate of drug-likeness (QED) is 0.165. The minimum Gasteiger partial charge on any atom is -0.456 e. The molecular formula is C22H34O13. The molecule has 0 aromatic rings. The molecule has 0 aliphatic carbocycles. The number of methoxy groups -OCH3 is 2. The van der Waals surface area contributed by atoms with Gasteiger partial charge in [-0.2, -0.15) is 0 Å². The molecule has 13 nitrogen and oxygen atoms in total. The van der Waals surface area contributed by atoms with Crippen molar-refractivity contribution in [3.63, 3.8) is 0 Å². The van der Waals surface area contributed by atoms with Crippen LogP contribution in [-0.2, 0) is 57.0 Å². The zero-order chi connectivity index (χ0) is 26.1. The monoisotopic (exact) mass is 506 g/mol. The molecule has 2 rings (SSSR count). The van der Waals surface area contributed by atoms with E-state index in [0.29, 0.717) is 0 Å². The molecule has 2 fully saturated rings. The highest BCUT2D eigenvalue weighted by Crippen LogP contribution is 2.32. The minimum absolute atomic E-state index is 0.0154. The lowest BCUT2D eigenvalue weighted by Crippen LogP contribution is -2.64. The summed E-state index contributed by atoms with van der Waals surface area (Å²) < 4.78 is 49.9. The number of rotatable bonds is 11. The van der Waals surface area contributed by atoms with Crippen molar-refractivity contribution in [3.8, 4) is 0 Å². The fraction of sp³-hybridized carbons (Fsp3) is 0.773. The molecule has 2 aliphatic heterocycles. The van der Waals surface area contributed by atoms with Crippen molar-refractivity contribution in [1.29, 1.82) is 0 Å². The molecular weight excluding hydrogens is 472 g/mol. The second kappa shape index (κ2) is 13.8. The Balaban J connectivity index is 2.36. The second-order valence-electron chi connectivity index (χ2n) is 7.89. The predicted octanol–water partition coefficient (Wildman–Crippen LogP) is -0.527. The highest BCUT2D eigenvalue weighted by atomic mass is 16.7. The molecule has 1 N–H and O–H groups in total. The van der Waals surface area contributed by atoms with Crippen LogP contribution in [0.3, 0.4) is 0 Å². The van der Waals surface area contributed by atoms with E-state index in [2.05, 4.69) is 6.58 Å². The van der Waals surface area contributed by atoms with Crippen LogP contribution in [0.5, 0.6) is 0 Å². The van der Waals surface area contributed by atoms with Gasteiger partial charge in [-0.1, -0.05) is 6.08 Å². The number of hydrogen-bond acceptors (Lipinski definition) is 13. The van der Waals surface area contributed by atoms with Crippen LogP contribution in [0.4, 0.5) is 0 Å². The lowest BCUT2D eigenvalue weighted by Gasteiger charge is -2.46. The molecule has 13 heteroatoms. The first-order valence-electron chi connectivity index (χ1n) is 11.0. The molecule has 0 aromatic carbocycles. The average molecular weight is 507 g/mol. The maximum absolute atomic E-state index is 11.9. The minimum atomic E-state index is -1.35. The fourth-order valence-electron chi connectivity index (χ4n) is 3.96. The SMILES string of the molecule is C=CCOC[C@H]1O[C@H](O)[C@H](OC)[C@@H](OC)[C@@H]1O[C@H]1OC[C@@H](OC(C)=O)[C@H](OC(C)=O)[C@@H]1OC(C)=O. The van der Waals surface area contributed by atoms with Gasteiger partial charge in [0, 0.05) is 35.0 Å². The van der Waals surface area contributed by atoms with E-state index in [1.165, 1.54) is 21.1 Å². The van der Waals surface area contributed by atoms with Crippen molar-refractivity contribution in [2.24, 2.45) is 0 Å². The molecule has 35 heavy (non-hydrogen) atoms. The molecule has 0 aromatic heterocycles. The van der Waals surface area contributed by atoms with Crippen molar-refractivity contribution in [2.45, 2.75) is 76.1 Å². The lowest BCUT2D eigenvalue weighted by atomic mass is 9.97. The second-order valence-corrected chi connectivity index (χ2v) is 7.89. The summed E-state index contributed by atoms with van der Waals surface area (Å²) in [7, 11) is 2.77. The van der Waals surface area contributed by atoms with Gasteiger partial charge in [-0.05, 0) is 0 Å². The van der Waals surface area contributed by atoms with Crippen LogP contribution >= 0.6 is 0 Å². The van der Waals surface area contributed by atoms with Gasteiger partial charge in [0.05, 0.1) is 19.8 Å². The predicted molar refractivity (Wildman–Crippen MR) is 115 cm³/mol. The molecule has 0 unspecified atom stereocenters. The normalized spacial score (nSPS) is 35.1. The standard InChI is InChI=1S/C22H34O13/c1-7-8-29-9-14-16(18(27-5)19(28-6)21(26)34-14)35-22-20(33-13(4)25)17(32-12(3)24)15(10-30-22)31-11(2)23/h7,14-22,26H,1,8-10H2,2-6H3/t14-,15-,16-,17+,18+,19-,20+,21+,22-/m1/s1. The summed E-state index contributed by atoms with van der Waals surface area (Å²) in [6.45, 7) is 7.06. The molecule has 2 heterocycles. The van der Waals surface area contributed by atoms with Crippen molar-refractivity contribution in [1.82, 2.24) is 0 Å². The Hall–Kier alpha value is -2.13. The molecule has 0 radical (unpaired) electrons. The highest BCUT2D eigenvalue weighted by Gasteiger charge is 2.53. The van der Waals surface area contributed by atoms with Crippen LogP contribution < -0.4 is 0 Å². The Labute approximate surface area is 203 Å². The summed E-state index contributed by atoms with van der Waals surface area (Å²) in [6, 6.07) is 0. The van der Waals surface area contributed by atoms with E-state index in [4.69, 9.17) is 42.6 Å². The van der Waals surface area contributed by atoms with Gasteiger partial charge >= 0.3 is 17.9 Å². The number of ether oxygens (including phenoxy) is 9. The summed E-state index contributed by atoms with van der Waals surface area (Å²) in [6.07, 6.45) is -8.29. The Kier molecular flexibility index (Phi) is 11.5. The van der Waals surface area contributed by atoms with Gasteiger partial charge in [0.1, 0.15) is 24.4 Å². The van der Waals surface area contributed by atoms with Gasteiger partial charge in [-0.3, -0.25) is 14.4 Å². The Bertz CT molecular complexity index is 728. The molecule has 0 spiro atoms. The van der Waals surface area contributed by atoms with E-state index >= 15 is 0 Å². The smallest absolute Gasteiger partial charge is 0.303 e. The summed E-state index contributed by atoms with van der Waals surface area (Å²) >= 11 is 0. The number of aliphatic hydroxyl groups is 1. The van der Waals surface area contributed by atoms with Gasteiger partial charge in [-0.15, -0.1) is 6.58 Å². The van der Waals surface area contributed by atoms with Crippen LogP contribution in [-0.4, -0.2) is 112 Å². The van der Waals surface area contributed by atoms with Gasteiger partial charge in [0.2, 0.25) is 0 Å². The van der Waals surface area contributed by atoms with Gasteiger partial charge in [0.25, 0.3) is 0 Å². The third kappa shape index (κ3) is 7.93. The maximum atomic E-state index is 11.9. The zero-order valence-corrected chi connectivity index (χ0v) is 20.4. The van der Waals surface area contributed by atoms with Crippen molar-refractivity contribution in [3.05, 3.63) is 12.7 Å². The molecule has 200 valence electrons. The van der Waals surface area contributed by atoms with E-state index in [9.17, 15) is 19.5 Å². The molecule has 2 saturated heterocycles. The van der Waals surface area contributed by atoms with E-state index < -0.39 is 73.2 Å². The lowest BCUT2D eigenvalue weighted by molar-refractivity contribution is -0.348. The van der Waals surface area contributed by atoms with Gasteiger partial charge < -0.3 is 47.7 Å². The molecule has 2 aliphatic rings. The van der Waals surface area contributed by atoms with Crippen LogP contribution in [0, 0.1) is 0 Å². The molecule has 0 bridgehead atoms. The molecule has 0 saturated carbocycles. The van der Waals surface area contributed by atoms with E-state index in [1.54, 1.807) is 6.08 Å². The van der Waals surface area contributed by atoms with Crippen molar-refractivity contribution >= 4 is 17.9 Å². The number of carbonyl (C=O) groups is 3. The van der Waals surface area contributed by atoms with Crippen LogP contribution in [0.2, 0.25) is 0 Å². The third-order valence-corrected chi connectivity index (χ3v) is 5.27. The van der Waals surface area contributed by atoms with Crippen molar-refractivity contribution in [2.75, 3.05) is 34.0 Å². The zero-order valence-electron chi connectivity index (χ0n) is 20.4. The first-order chi connectivity index (χ1) is 16.6. The number of hydrogen-bond donors (Lipinski definition) is 1. The topological polar surface area (TPSA) is 155 Å². The van der Waals surface area contributed by atoms with E-state index in [1.807, 2.05) is 0 Å². The number of esters is 3. The summed E-state index contributed by atoms with van der Waals surface area (Å²) in [5, 5.41) is 10.4.